The van der Waals surface area contributed by atoms with Crippen LogP contribution in [-0.4, -0.2) is 17.2 Å². The van der Waals surface area contributed by atoms with E-state index in [9.17, 15) is 13.2 Å². The fourth-order valence-electron chi connectivity index (χ4n) is 1.80. The number of alkyl halides is 3. The Bertz CT molecular complexity index is 537. The molecule has 0 radical (unpaired) electrons. The number of aromatic nitrogens is 1. The van der Waals surface area contributed by atoms with Crippen LogP contribution >= 0.6 is 0 Å². The van der Waals surface area contributed by atoms with Gasteiger partial charge in [-0.15, -0.1) is 0 Å². The van der Waals surface area contributed by atoms with Crippen molar-refractivity contribution in [2.24, 2.45) is 0 Å². The van der Waals surface area contributed by atoms with Gasteiger partial charge in [0.15, 0.2) is 0 Å². The van der Waals surface area contributed by atoms with E-state index in [1.54, 1.807) is 6.07 Å². The Morgan fingerprint density at radius 2 is 1.89 bits per heavy atom. The van der Waals surface area contributed by atoms with Crippen LogP contribution in [0.25, 0.3) is 10.9 Å². The maximum absolute atomic E-state index is 12.2. The molecule has 2 nitrogen and oxygen atoms in total. The molecule has 0 saturated heterocycles. The molecule has 0 saturated carbocycles. The minimum absolute atomic E-state index is 0.463. The second-order valence-corrected chi connectivity index (χ2v) is 4.25. The molecule has 96 valence electrons. The van der Waals surface area contributed by atoms with Crippen molar-refractivity contribution in [1.82, 2.24) is 4.98 Å². The summed E-state index contributed by atoms with van der Waals surface area (Å²) in [7, 11) is 0. The first kappa shape index (κ1) is 12.7. The molecule has 0 amide bonds. The Labute approximate surface area is 103 Å². The number of nitrogens with one attached hydrogen (secondary N) is 1. The number of pyridine rings is 1. The summed E-state index contributed by atoms with van der Waals surface area (Å²) in [4.78, 5) is 4.27. The van der Waals surface area contributed by atoms with Crippen molar-refractivity contribution in [2.45, 2.75) is 25.6 Å². The lowest BCUT2D eigenvalue weighted by Gasteiger charge is -2.16. The van der Waals surface area contributed by atoms with Crippen LogP contribution in [0.3, 0.4) is 0 Å². The third-order valence-corrected chi connectivity index (χ3v) is 2.53. The Kier molecular flexibility index (Phi) is 3.41. The minimum Gasteiger partial charge on any atom is -0.367 e. The Balaban J connectivity index is 2.12. The lowest BCUT2D eigenvalue weighted by Crippen LogP contribution is -2.24. The molecule has 0 bridgehead atoms. The molecule has 5 heteroatoms. The fourth-order valence-corrected chi connectivity index (χ4v) is 1.80. The van der Waals surface area contributed by atoms with Crippen LogP contribution in [0.1, 0.15) is 13.3 Å². The van der Waals surface area contributed by atoms with Gasteiger partial charge in [0.25, 0.3) is 0 Å². The van der Waals surface area contributed by atoms with Gasteiger partial charge in [-0.05, 0) is 25.1 Å². The maximum atomic E-state index is 12.2. The Hall–Kier alpha value is -1.78. The van der Waals surface area contributed by atoms with Gasteiger partial charge in [0.2, 0.25) is 0 Å². The fraction of sp³-hybridized carbons (Fsp3) is 0.308. The smallest absolute Gasteiger partial charge is 0.367 e. The molecule has 18 heavy (non-hydrogen) atoms. The van der Waals surface area contributed by atoms with Crippen molar-refractivity contribution in [1.29, 1.82) is 0 Å². The highest BCUT2D eigenvalue weighted by Crippen LogP contribution is 2.23. The maximum Gasteiger partial charge on any atom is 0.391 e. The highest BCUT2D eigenvalue weighted by Gasteiger charge is 2.29. The lowest BCUT2D eigenvalue weighted by molar-refractivity contribution is -0.136. The van der Waals surface area contributed by atoms with E-state index >= 15 is 0 Å². The van der Waals surface area contributed by atoms with E-state index in [0.717, 1.165) is 10.9 Å². The number of rotatable bonds is 3. The number of anilines is 1. The van der Waals surface area contributed by atoms with Gasteiger partial charge in [0, 0.05) is 11.4 Å². The van der Waals surface area contributed by atoms with Gasteiger partial charge < -0.3 is 5.32 Å². The summed E-state index contributed by atoms with van der Waals surface area (Å²) in [6.07, 6.45) is -5.04. The average Bonchev–Trinajstić information content (AvgIpc) is 2.26. The Morgan fingerprint density at radius 3 is 2.61 bits per heavy atom. The lowest BCUT2D eigenvalue weighted by atomic mass is 10.2. The van der Waals surface area contributed by atoms with Crippen LogP contribution in [0.5, 0.6) is 0 Å². The van der Waals surface area contributed by atoms with Gasteiger partial charge in [-0.25, -0.2) is 4.98 Å². The van der Waals surface area contributed by atoms with Crippen LogP contribution in [0.15, 0.2) is 36.4 Å². The summed E-state index contributed by atoms with van der Waals surface area (Å²) in [6, 6.07) is 10.3. The van der Waals surface area contributed by atoms with Gasteiger partial charge >= 0.3 is 6.18 Å². The highest BCUT2D eigenvalue weighted by molar-refractivity contribution is 5.80. The number of halogens is 3. The molecule has 0 spiro atoms. The first-order chi connectivity index (χ1) is 8.44. The van der Waals surface area contributed by atoms with Crippen LogP contribution < -0.4 is 5.32 Å². The van der Waals surface area contributed by atoms with Gasteiger partial charge in [-0.1, -0.05) is 18.2 Å². The Morgan fingerprint density at radius 1 is 1.17 bits per heavy atom. The van der Waals surface area contributed by atoms with Crippen molar-refractivity contribution in [3.63, 3.8) is 0 Å². The summed E-state index contributed by atoms with van der Waals surface area (Å²) in [5.41, 5.74) is 0.765. The summed E-state index contributed by atoms with van der Waals surface area (Å²) in [5.74, 6) is 0.463. The number of hydrogen-bond acceptors (Lipinski definition) is 2. The largest absolute Gasteiger partial charge is 0.391 e. The molecule has 0 fully saturated rings. The van der Waals surface area contributed by atoms with Crippen molar-refractivity contribution in [2.75, 3.05) is 5.32 Å². The van der Waals surface area contributed by atoms with E-state index in [2.05, 4.69) is 10.3 Å². The zero-order valence-electron chi connectivity index (χ0n) is 9.83. The summed E-state index contributed by atoms with van der Waals surface area (Å²) < 4.78 is 36.6. The van der Waals surface area contributed by atoms with E-state index in [4.69, 9.17) is 0 Å². The van der Waals surface area contributed by atoms with Gasteiger partial charge in [-0.2, -0.15) is 13.2 Å². The molecule has 0 aliphatic carbocycles. The number of hydrogen-bond donors (Lipinski definition) is 1. The molecular weight excluding hydrogens is 241 g/mol. The topological polar surface area (TPSA) is 24.9 Å². The molecule has 1 heterocycles. The second kappa shape index (κ2) is 4.84. The standard InChI is InChI=1S/C13H13F3N2/c1-9(8-13(14,15)16)17-12-7-6-10-4-2-3-5-11(10)18-12/h2-7,9H,8H2,1H3,(H,17,18). The predicted octanol–water partition coefficient (Wildman–Crippen LogP) is 3.99. The van der Waals surface area contributed by atoms with E-state index < -0.39 is 18.6 Å². The van der Waals surface area contributed by atoms with Crippen molar-refractivity contribution >= 4 is 16.7 Å². The molecular formula is C13H13F3N2. The molecule has 0 aliphatic rings. The third-order valence-electron chi connectivity index (χ3n) is 2.53. The van der Waals surface area contributed by atoms with E-state index in [0.29, 0.717) is 5.82 Å². The average molecular weight is 254 g/mol. The highest BCUT2D eigenvalue weighted by atomic mass is 19.4. The van der Waals surface area contributed by atoms with Crippen molar-refractivity contribution in [3.8, 4) is 0 Å². The van der Waals surface area contributed by atoms with Crippen LogP contribution in [0, 0.1) is 0 Å². The molecule has 1 N–H and O–H groups in total. The molecule has 1 unspecified atom stereocenters. The summed E-state index contributed by atoms with van der Waals surface area (Å²) in [5, 5.41) is 3.72. The van der Waals surface area contributed by atoms with Crippen molar-refractivity contribution < 1.29 is 13.2 Å². The molecule has 1 aromatic carbocycles. The summed E-state index contributed by atoms with van der Waals surface area (Å²) >= 11 is 0. The third kappa shape index (κ3) is 3.35. The van der Waals surface area contributed by atoms with E-state index in [1.807, 2.05) is 30.3 Å². The van der Waals surface area contributed by atoms with Gasteiger partial charge in [-0.3, -0.25) is 0 Å². The SMILES string of the molecule is CC(CC(F)(F)F)Nc1ccc2ccccc2n1. The van der Waals surface area contributed by atoms with Gasteiger partial charge in [0.1, 0.15) is 5.82 Å². The van der Waals surface area contributed by atoms with Crippen LogP contribution in [0.4, 0.5) is 19.0 Å². The molecule has 2 aromatic rings. The molecule has 0 aliphatic heterocycles. The zero-order chi connectivity index (χ0) is 13.2. The first-order valence-corrected chi connectivity index (χ1v) is 5.63. The number of nitrogens with zero attached hydrogens (tertiary/aromatic N) is 1. The molecule has 1 atom stereocenters. The van der Waals surface area contributed by atoms with Gasteiger partial charge in [0.05, 0.1) is 11.9 Å². The predicted molar refractivity (Wildman–Crippen MR) is 65.5 cm³/mol. The van der Waals surface area contributed by atoms with Crippen LogP contribution in [0.2, 0.25) is 0 Å². The van der Waals surface area contributed by atoms with Crippen molar-refractivity contribution in [3.05, 3.63) is 36.4 Å². The molecule has 1 aromatic heterocycles. The normalized spacial score (nSPS) is 13.6. The second-order valence-electron chi connectivity index (χ2n) is 4.25. The number of benzene rings is 1. The van der Waals surface area contributed by atoms with Crippen LogP contribution in [-0.2, 0) is 0 Å². The van der Waals surface area contributed by atoms with E-state index in [-0.39, 0.29) is 0 Å². The van der Waals surface area contributed by atoms with E-state index in [1.165, 1.54) is 6.92 Å². The quantitative estimate of drug-likeness (QED) is 0.895. The monoisotopic (exact) mass is 254 g/mol. The number of para-hydroxylation sites is 1. The minimum atomic E-state index is -4.16. The first-order valence-electron chi connectivity index (χ1n) is 5.63. The molecule has 2 rings (SSSR count). The number of fused-ring (bicyclic) bond motifs is 1. The summed E-state index contributed by atoms with van der Waals surface area (Å²) in [6.45, 7) is 1.49. The zero-order valence-corrected chi connectivity index (χ0v) is 9.83.